The van der Waals surface area contributed by atoms with Crippen molar-refractivity contribution in [2.24, 2.45) is 0 Å². The van der Waals surface area contributed by atoms with E-state index in [1.807, 2.05) is 12.1 Å². The van der Waals surface area contributed by atoms with Crippen LogP contribution in [0.25, 0.3) is 0 Å². The summed E-state index contributed by atoms with van der Waals surface area (Å²) in [6.45, 7) is 2.05. The van der Waals surface area contributed by atoms with Gasteiger partial charge in [0.15, 0.2) is 11.5 Å². The van der Waals surface area contributed by atoms with Gasteiger partial charge in [-0.25, -0.2) is 9.78 Å². The quantitative estimate of drug-likeness (QED) is 0.605. The van der Waals surface area contributed by atoms with Crippen LogP contribution in [0.1, 0.15) is 49.3 Å². The molecule has 0 radical (unpaired) electrons. The lowest BCUT2D eigenvalue weighted by atomic mass is 9.93. The molecule has 1 aromatic heterocycles. The highest BCUT2D eigenvalue weighted by Gasteiger charge is 2.38. The molecule has 9 heteroatoms. The van der Waals surface area contributed by atoms with Gasteiger partial charge in [-0.3, -0.25) is 4.79 Å². The lowest BCUT2D eigenvalue weighted by Gasteiger charge is -2.36. The molecule has 3 aromatic rings. The third-order valence-corrected chi connectivity index (χ3v) is 6.08. The van der Waals surface area contributed by atoms with E-state index in [-0.39, 0.29) is 11.1 Å². The summed E-state index contributed by atoms with van der Waals surface area (Å²) in [6, 6.07) is 7.66. The Morgan fingerprint density at radius 1 is 1.22 bits per heavy atom. The zero-order chi connectivity index (χ0) is 23.0. The molecule has 166 valence electrons. The zero-order valence-corrected chi connectivity index (χ0v) is 18.6. The third-order valence-electron chi connectivity index (χ3n) is 5.67. The van der Waals surface area contributed by atoms with Crippen molar-refractivity contribution in [2.75, 3.05) is 20.8 Å². The number of carboxylic acid groups (broad SMARTS) is 1. The molecule has 1 unspecified atom stereocenters. The molecule has 0 bridgehead atoms. The number of benzene rings is 2. The number of para-hydroxylation sites is 1. The predicted molar refractivity (Wildman–Crippen MR) is 118 cm³/mol. The van der Waals surface area contributed by atoms with Gasteiger partial charge in [0.05, 0.1) is 37.4 Å². The molecular weight excluding hydrogens is 434 g/mol. The predicted octanol–water partition coefficient (Wildman–Crippen LogP) is 3.87. The second kappa shape index (κ2) is 8.55. The molecule has 2 N–H and O–H groups in total. The number of fused-ring (bicyclic) bond motifs is 1. The highest BCUT2D eigenvalue weighted by molar-refractivity contribution is 6.32. The maximum Gasteiger partial charge on any atom is 0.336 e. The summed E-state index contributed by atoms with van der Waals surface area (Å²) in [5.41, 5.74) is 2.78. The second-order valence-electron chi connectivity index (χ2n) is 7.45. The normalized spacial score (nSPS) is 15.2. The number of methoxy groups -OCH3 is 2. The molecule has 0 fully saturated rings. The second-order valence-corrected chi connectivity index (χ2v) is 7.86. The summed E-state index contributed by atoms with van der Waals surface area (Å²) in [6.07, 6.45) is 2.13. The van der Waals surface area contributed by atoms with Crippen LogP contribution in [0.5, 0.6) is 11.5 Å². The van der Waals surface area contributed by atoms with Crippen molar-refractivity contribution in [2.45, 2.75) is 19.4 Å². The smallest absolute Gasteiger partial charge is 0.336 e. The first-order chi connectivity index (χ1) is 15.4. The number of aromatic amines is 1. The van der Waals surface area contributed by atoms with E-state index in [0.29, 0.717) is 46.3 Å². The van der Waals surface area contributed by atoms with Crippen molar-refractivity contribution in [3.8, 4) is 11.5 Å². The summed E-state index contributed by atoms with van der Waals surface area (Å²) in [5.74, 6) is -0.646. The largest absolute Gasteiger partial charge is 0.493 e. The van der Waals surface area contributed by atoms with E-state index < -0.39 is 17.9 Å². The van der Waals surface area contributed by atoms with Crippen LogP contribution < -0.4 is 9.47 Å². The van der Waals surface area contributed by atoms with Gasteiger partial charge in [0.25, 0.3) is 5.91 Å². The van der Waals surface area contributed by atoms with Crippen molar-refractivity contribution in [1.29, 1.82) is 0 Å². The summed E-state index contributed by atoms with van der Waals surface area (Å²) < 4.78 is 11.1. The van der Waals surface area contributed by atoms with Crippen LogP contribution in [0.15, 0.2) is 36.7 Å². The van der Waals surface area contributed by atoms with Crippen LogP contribution in [-0.2, 0) is 6.42 Å². The average molecular weight is 456 g/mol. The first-order valence-electron chi connectivity index (χ1n) is 9.94. The van der Waals surface area contributed by atoms with Gasteiger partial charge in [0.2, 0.25) is 0 Å². The number of aromatic carboxylic acids is 1. The average Bonchev–Trinajstić information content (AvgIpc) is 3.27. The number of halogens is 1. The fraction of sp³-hybridized carbons (Fsp3) is 0.261. The highest BCUT2D eigenvalue weighted by Crippen LogP contribution is 2.42. The zero-order valence-electron chi connectivity index (χ0n) is 17.8. The van der Waals surface area contributed by atoms with Crippen LogP contribution >= 0.6 is 11.6 Å². The molecule has 1 amide bonds. The molecule has 2 aromatic carbocycles. The van der Waals surface area contributed by atoms with Gasteiger partial charge in [-0.1, -0.05) is 23.7 Å². The Labute approximate surface area is 189 Å². The fourth-order valence-corrected chi connectivity index (χ4v) is 4.29. The van der Waals surface area contributed by atoms with Crippen LogP contribution in [0, 0.1) is 6.92 Å². The van der Waals surface area contributed by atoms with Gasteiger partial charge in [-0.05, 0) is 30.7 Å². The molecule has 4 rings (SSSR count). The molecule has 0 saturated heterocycles. The van der Waals surface area contributed by atoms with Crippen molar-refractivity contribution in [1.82, 2.24) is 14.9 Å². The number of imidazole rings is 1. The van der Waals surface area contributed by atoms with E-state index in [1.54, 1.807) is 31.3 Å². The third kappa shape index (κ3) is 3.56. The van der Waals surface area contributed by atoms with Gasteiger partial charge in [-0.2, -0.15) is 0 Å². The van der Waals surface area contributed by atoms with E-state index in [9.17, 15) is 14.7 Å². The number of rotatable bonds is 5. The van der Waals surface area contributed by atoms with Crippen molar-refractivity contribution >= 4 is 23.5 Å². The number of aromatic nitrogens is 2. The van der Waals surface area contributed by atoms with Crippen LogP contribution in [-0.4, -0.2) is 52.6 Å². The van der Waals surface area contributed by atoms with Gasteiger partial charge >= 0.3 is 5.97 Å². The number of nitrogens with zero attached hydrogens (tertiary/aromatic N) is 2. The van der Waals surface area contributed by atoms with Crippen LogP contribution in [0.2, 0.25) is 5.02 Å². The number of hydrogen-bond donors (Lipinski definition) is 2. The van der Waals surface area contributed by atoms with E-state index in [1.165, 1.54) is 19.2 Å². The molecule has 8 nitrogen and oxygen atoms in total. The number of carboxylic acids is 1. The van der Waals surface area contributed by atoms with Gasteiger partial charge in [-0.15, -0.1) is 0 Å². The molecule has 0 spiro atoms. The standard InChI is InChI=1S/C23H22ClN3O5/c1-12-9-15(23(29)30)14(10-16(12)24)22(28)27-8-7-17-19(26-11-25-17)20(27)13-5-4-6-18(31-2)21(13)32-3/h4-6,9-11,20H,7-8H2,1-3H3,(H,25,26)(H,29,30). The first-order valence-corrected chi connectivity index (χ1v) is 10.3. The molecule has 1 aliphatic rings. The van der Waals surface area contributed by atoms with E-state index in [4.69, 9.17) is 21.1 Å². The maximum absolute atomic E-state index is 13.8. The number of H-pyrrole nitrogens is 1. The molecule has 1 aliphatic heterocycles. The SMILES string of the molecule is COc1cccc(C2c3nc[nH]c3CCN2C(=O)c2cc(Cl)c(C)cc2C(=O)O)c1OC. The van der Waals surface area contributed by atoms with Gasteiger partial charge in [0, 0.05) is 29.2 Å². The van der Waals surface area contributed by atoms with Crippen molar-refractivity contribution in [3.63, 3.8) is 0 Å². The molecule has 2 heterocycles. The molecular formula is C23H22ClN3O5. The number of aryl methyl sites for hydroxylation is 1. The summed E-state index contributed by atoms with van der Waals surface area (Å²) in [5, 5.41) is 10.0. The Bertz CT molecular complexity index is 1210. The minimum Gasteiger partial charge on any atom is -0.493 e. The summed E-state index contributed by atoms with van der Waals surface area (Å²) >= 11 is 6.26. The van der Waals surface area contributed by atoms with Gasteiger partial charge < -0.3 is 24.5 Å². The van der Waals surface area contributed by atoms with Crippen LogP contribution in [0.4, 0.5) is 0 Å². The number of carbonyl (C=O) groups excluding carboxylic acids is 1. The molecule has 32 heavy (non-hydrogen) atoms. The Morgan fingerprint density at radius 2 is 2.00 bits per heavy atom. The summed E-state index contributed by atoms with van der Waals surface area (Å²) in [4.78, 5) is 34.9. The highest BCUT2D eigenvalue weighted by atomic mass is 35.5. The Morgan fingerprint density at radius 3 is 2.69 bits per heavy atom. The Balaban J connectivity index is 1.89. The monoisotopic (exact) mass is 455 g/mol. The minimum atomic E-state index is -1.19. The Kier molecular flexibility index (Phi) is 5.80. The molecule has 1 atom stereocenters. The van der Waals surface area contributed by atoms with E-state index in [2.05, 4.69) is 9.97 Å². The number of hydrogen-bond acceptors (Lipinski definition) is 5. The van der Waals surface area contributed by atoms with Crippen molar-refractivity contribution in [3.05, 3.63) is 75.3 Å². The number of ether oxygens (including phenoxy) is 2. The lowest BCUT2D eigenvalue weighted by molar-refractivity contribution is 0.0649. The van der Waals surface area contributed by atoms with E-state index >= 15 is 0 Å². The fourth-order valence-electron chi connectivity index (χ4n) is 4.13. The van der Waals surface area contributed by atoms with Gasteiger partial charge in [0.1, 0.15) is 6.04 Å². The topological polar surface area (TPSA) is 105 Å². The maximum atomic E-state index is 13.8. The number of amides is 1. The van der Waals surface area contributed by atoms with Crippen molar-refractivity contribution < 1.29 is 24.2 Å². The summed E-state index contributed by atoms with van der Waals surface area (Å²) in [7, 11) is 3.07. The minimum absolute atomic E-state index is 0.0268. The molecule has 0 aliphatic carbocycles. The number of carbonyl (C=O) groups is 2. The van der Waals surface area contributed by atoms with Crippen LogP contribution in [0.3, 0.4) is 0 Å². The lowest BCUT2D eigenvalue weighted by Crippen LogP contribution is -2.41. The van der Waals surface area contributed by atoms with E-state index in [0.717, 1.165) is 5.69 Å². The Hall–Kier alpha value is -3.52. The molecule has 0 saturated carbocycles. The first kappa shape index (κ1) is 21.7. The number of nitrogens with one attached hydrogen (secondary N) is 1.